The number of rotatable bonds is 6. The molecule has 2 amide bonds. The predicted molar refractivity (Wildman–Crippen MR) is 90.2 cm³/mol. The van der Waals surface area contributed by atoms with Crippen LogP contribution in [0, 0.1) is 5.92 Å². The Labute approximate surface area is 137 Å². The number of methoxy groups -OCH3 is 1. The monoisotopic (exact) mass is 319 g/mol. The van der Waals surface area contributed by atoms with Crippen LogP contribution in [0.25, 0.3) is 0 Å². The van der Waals surface area contributed by atoms with Gasteiger partial charge >= 0.3 is 0 Å². The van der Waals surface area contributed by atoms with Gasteiger partial charge in [-0.2, -0.15) is 0 Å². The molecule has 1 saturated heterocycles. The lowest BCUT2D eigenvalue weighted by molar-refractivity contribution is -0.129. The van der Waals surface area contributed by atoms with Gasteiger partial charge in [-0.15, -0.1) is 0 Å². The fourth-order valence-electron chi connectivity index (χ4n) is 2.96. The van der Waals surface area contributed by atoms with Crippen molar-refractivity contribution in [1.29, 1.82) is 0 Å². The molecule has 1 aromatic carbocycles. The summed E-state index contributed by atoms with van der Waals surface area (Å²) in [5.74, 6) is 0.165. The molecule has 6 nitrogen and oxygen atoms in total. The Kier molecular flexibility index (Phi) is 5.47. The molecule has 2 atom stereocenters. The molecule has 1 aliphatic heterocycles. The minimum Gasteiger partial charge on any atom is -0.495 e. The Hall–Kier alpha value is -2.24. The number of anilines is 2. The number of nitrogen functional groups attached to an aromatic ring is 1. The summed E-state index contributed by atoms with van der Waals surface area (Å²) in [6.07, 6.45) is 2.24. The summed E-state index contributed by atoms with van der Waals surface area (Å²) in [7, 11) is 1.54. The van der Waals surface area contributed by atoms with Crippen molar-refractivity contribution in [3.63, 3.8) is 0 Å². The van der Waals surface area contributed by atoms with Crippen LogP contribution in [0.5, 0.6) is 5.75 Å². The molecule has 0 aliphatic carbocycles. The van der Waals surface area contributed by atoms with Crippen molar-refractivity contribution < 1.29 is 14.3 Å². The van der Waals surface area contributed by atoms with Crippen molar-refractivity contribution in [3.8, 4) is 5.75 Å². The van der Waals surface area contributed by atoms with Gasteiger partial charge in [0.1, 0.15) is 5.75 Å². The topological polar surface area (TPSA) is 84.7 Å². The van der Waals surface area contributed by atoms with E-state index < -0.39 is 0 Å². The van der Waals surface area contributed by atoms with Gasteiger partial charge in [0.05, 0.1) is 18.7 Å². The van der Waals surface area contributed by atoms with Gasteiger partial charge in [0.25, 0.3) is 0 Å². The molecule has 1 aromatic rings. The Bertz CT molecular complexity index is 588. The van der Waals surface area contributed by atoms with E-state index in [0.717, 1.165) is 12.8 Å². The Morgan fingerprint density at radius 3 is 2.87 bits per heavy atom. The lowest BCUT2D eigenvalue weighted by Gasteiger charge is -2.24. The average Bonchev–Trinajstić information content (AvgIpc) is 2.90. The number of benzene rings is 1. The number of nitrogens with one attached hydrogen (secondary N) is 1. The zero-order valence-electron chi connectivity index (χ0n) is 14.0. The second-order valence-electron chi connectivity index (χ2n) is 6.03. The maximum Gasteiger partial charge on any atom is 0.229 e. The number of hydrogen-bond donors (Lipinski definition) is 2. The summed E-state index contributed by atoms with van der Waals surface area (Å²) in [6, 6.07) is 5.29. The van der Waals surface area contributed by atoms with Gasteiger partial charge in [-0.1, -0.05) is 13.3 Å². The fraction of sp³-hybridized carbons (Fsp3) is 0.529. The first-order valence-corrected chi connectivity index (χ1v) is 8.00. The highest BCUT2D eigenvalue weighted by molar-refractivity contribution is 5.97. The van der Waals surface area contributed by atoms with E-state index in [9.17, 15) is 9.59 Å². The number of amides is 2. The lowest BCUT2D eigenvalue weighted by Crippen LogP contribution is -2.35. The van der Waals surface area contributed by atoms with E-state index in [1.54, 1.807) is 25.3 Å². The Morgan fingerprint density at radius 2 is 2.26 bits per heavy atom. The third-order valence-corrected chi connectivity index (χ3v) is 4.26. The van der Waals surface area contributed by atoms with Crippen LogP contribution >= 0.6 is 0 Å². The smallest absolute Gasteiger partial charge is 0.229 e. The normalized spacial score (nSPS) is 18.8. The van der Waals surface area contributed by atoms with Crippen molar-refractivity contribution in [2.24, 2.45) is 5.92 Å². The van der Waals surface area contributed by atoms with E-state index in [4.69, 9.17) is 10.5 Å². The predicted octanol–water partition coefficient (Wildman–Crippen LogP) is 2.25. The molecule has 0 radical (unpaired) electrons. The van der Waals surface area contributed by atoms with Gasteiger partial charge in [0.2, 0.25) is 11.8 Å². The zero-order valence-corrected chi connectivity index (χ0v) is 14.0. The van der Waals surface area contributed by atoms with Crippen LogP contribution < -0.4 is 15.8 Å². The number of nitrogens with two attached hydrogens (primary N) is 1. The molecule has 2 unspecified atom stereocenters. The summed E-state index contributed by atoms with van der Waals surface area (Å²) in [5.41, 5.74) is 6.92. The number of nitrogens with zero attached hydrogens (tertiary/aromatic N) is 1. The highest BCUT2D eigenvalue weighted by Gasteiger charge is 2.36. The van der Waals surface area contributed by atoms with E-state index in [0.29, 0.717) is 23.7 Å². The quantitative estimate of drug-likeness (QED) is 0.788. The second kappa shape index (κ2) is 7.35. The van der Waals surface area contributed by atoms with Crippen LogP contribution in [-0.2, 0) is 9.59 Å². The molecule has 2 rings (SSSR count). The molecule has 0 aromatic heterocycles. The number of carbonyl (C=O) groups is 2. The summed E-state index contributed by atoms with van der Waals surface area (Å²) in [4.78, 5) is 26.3. The van der Waals surface area contributed by atoms with Gasteiger partial charge in [0, 0.05) is 24.7 Å². The third kappa shape index (κ3) is 3.94. The highest BCUT2D eigenvalue weighted by atomic mass is 16.5. The lowest BCUT2D eigenvalue weighted by atomic mass is 10.1. The summed E-state index contributed by atoms with van der Waals surface area (Å²) in [5, 5.41) is 2.83. The number of hydrogen-bond acceptors (Lipinski definition) is 4. The standard InChI is InChI=1S/C17H25N3O3/c1-4-5-11(2)20-10-12(8-16(20)21)17(22)19-13-6-7-15(23-3)14(18)9-13/h6-7,9,11-12H,4-5,8,10,18H2,1-3H3,(H,19,22). The van der Waals surface area contributed by atoms with E-state index in [2.05, 4.69) is 12.2 Å². The molecular weight excluding hydrogens is 294 g/mol. The molecule has 0 bridgehead atoms. The molecule has 6 heteroatoms. The first-order valence-electron chi connectivity index (χ1n) is 8.00. The van der Waals surface area contributed by atoms with Gasteiger partial charge < -0.3 is 20.7 Å². The average molecular weight is 319 g/mol. The fourth-order valence-corrected chi connectivity index (χ4v) is 2.96. The zero-order chi connectivity index (χ0) is 17.0. The molecule has 126 valence electrons. The first-order chi connectivity index (χ1) is 11.0. The van der Waals surface area contributed by atoms with Crippen LogP contribution in [0.2, 0.25) is 0 Å². The van der Waals surface area contributed by atoms with Crippen LogP contribution in [0.4, 0.5) is 11.4 Å². The van der Waals surface area contributed by atoms with Crippen molar-refractivity contribution in [2.45, 2.75) is 39.2 Å². The molecule has 3 N–H and O–H groups in total. The van der Waals surface area contributed by atoms with Gasteiger partial charge in [-0.25, -0.2) is 0 Å². The molecule has 0 spiro atoms. The summed E-state index contributed by atoms with van der Waals surface area (Å²) >= 11 is 0. The molecule has 1 fully saturated rings. The van der Waals surface area contributed by atoms with E-state index >= 15 is 0 Å². The minimum atomic E-state index is -0.315. The maximum atomic E-state index is 12.4. The van der Waals surface area contributed by atoms with Crippen molar-refractivity contribution >= 4 is 23.2 Å². The van der Waals surface area contributed by atoms with E-state index in [-0.39, 0.29) is 30.2 Å². The number of carbonyl (C=O) groups excluding carboxylic acids is 2. The van der Waals surface area contributed by atoms with Gasteiger partial charge in [-0.3, -0.25) is 9.59 Å². The molecule has 0 saturated carbocycles. The maximum absolute atomic E-state index is 12.4. The van der Waals surface area contributed by atoms with Crippen LogP contribution in [0.1, 0.15) is 33.1 Å². The van der Waals surface area contributed by atoms with E-state index in [1.165, 1.54) is 0 Å². The number of likely N-dealkylation sites (tertiary alicyclic amines) is 1. The van der Waals surface area contributed by atoms with Gasteiger partial charge in [-0.05, 0) is 31.5 Å². The first kappa shape index (κ1) is 17.1. The minimum absolute atomic E-state index is 0.0559. The molecular formula is C17H25N3O3. The Morgan fingerprint density at radius 1 is 1.52 bits per heavy atom. The largest absolute Gasteiger partial charge is 0.495 e. The SMILES string of the molecule is CCCC(C)N1CC(C(=O)Nc2ccc(OC)c(N)c2)CC1=O. The van der Waals surface area contributed by atoms with Crippen LogP contribution in [0.3, 0.4) is 0 Å². The van der Waals surface area contributed by atoms with Crippen molar-refractivity contribution in [1.82, 2.24) is 4.90 Å². The summed E-state index contributed by atoms with van der Waals surface area (Å²) in [6.45, 7) is 4.61. The molecule has 23 heavy (non-hydrogen) atoms. The molecule has 1 heterocycles. The van der Waals surface area contributed by atoms with Gasteiger partial charge in [0.15, 0.2) is 0 Å². The second-order valence-corrected chi connectivity index (χ2v) is 6.03. The third-order valence-electron chi connectivity index (χ3n) is 4.26. The molecule has 1 aliphatic rings. The Balaban J connectivity index is 1.99. The number of ether oxygens (including phenoxy) is 1. The van der Waals surface area contributed by atoms with Crippen molar-refractivity contribution in [3.05, 3.63) is 18.2 Å². The van der Waals surface area contributed by atoms with Crippen molar-refractivity contribution in [2.75, 3.05) is 24.7 Å². The van der Waals surface area contributed by atoms with E-state index in [1.807, 2.05) is 11.8 Å². The summed E-state index contributed by atoms with van der Waals surface area (Å²) < 4.78 is 5.09. The van der Waals surface area contributed by atoms with Crippen LogP contribution in [-0.4, -0.2) is 36.4 Å². The van der Waals surface area contributed by atoms with Crippen LogP contribution in [0.15, 0.2) is 18.2 Å². The highest BCUT2D eigenvalue weighted by Crippen LogP contribution is 2.27.